The molecule has 2 aromatic heterocycles. The Morgan fingerprint density at radius 1 is 1.15 bits per heavy atom. The summed E-state index contributed by atoms with van der Waals surface area (Å²) in [6, 6.07) is 10.5. The van der Waals surface area contributed by atoms with Gasteiger partial charge in [0, 0.05) is 31.1 Å². The van der Waals surface area contributed by atoms with Gasteiger partial charge in [-0.3, -0.25) is 0 Å². The normalized spacial score (nSPS) is 13.3. The van der Waals surface area contributed by atoms with Crippen molar-refractivity contribution in [2.24, 2.45) is 0 Å². The highest BCUT2D eigenvalue weighted by atomic mass is 32.1. The summed E-state index contributed by atoms with van der Waals surface area (Å²) in [5, 5.41) is 4.82. The van der Waals surface area contributed by atoms with Crippen molar-refractivity contribution in [2.45, 2.75) is 39.0 Å². The van der Waals surface area contributed by atoms with Crippen LogP contribution < -0.4 is 5.32 Å². The molecule has 4 nitrogen and oxygen atoms in total. The number of benzene rings is 1. The minimum atomic E-state index is 0.771. The van der Waals surface area contributed by atoms with Crippen LogP contribution in [0.15, 0.2) is 30.3 Å². The largest absolute Gasteiger partial charge is 0.382 e. The molecular formula is C21H25N3OS. The van der Waals surface area contributed by atoms with Crippen LogP contribution >= 0.6 is 11.3 Å². The van der Waals surface area contributed by atoms with Gasteiger partial charge in [-0.2, -0.15) is 0 Å². The third kappa shape index (κ3) is 3.74. The molecule has 0 radical (unpaired) electrons. The van der Waals surface area contributed by atoms with Crippen LogP contribution in [-0.4, -0.2) is 29.7 Å². The summed E-state index contributed by atoms with van der Waals surface area (Å²) >= 11 is 1.86. The van der Waals surface area contributed by atoms with Gasteiger partial charge in [-0.15, -0.1) is 11.3 Å². The Morgan fingerprint density at radius 2 is 2.04 bits per heavy atom. The Kier molecular flexibility index (Phi) is 5.46. The van der Waals surface area contributed by atoms with E-state index in [4.69, 9.17) is 14.7 Å². The molecule has 0 amide bonds. The van der Waals surface area contributed by atoms with E-state index in [9.17, 15) is 0 Å². The Bertz CT molecular complexity index is 876. The highest BCUT2D eigenvalue weighted by molar-refractivity contribution is 7.19. The molecule has 0 unspecified atom stereocenters. The Balaban J connectivity index is 1.62. The van der Waals surface area contributed by atoms with Crippen LogP contribution in [0.4, 0.5) is 5.82 Å². The summed E-state index contributed by atoms with van der Waals surface area (Å²) in [4.78, 5) is 12.4. The van der Waals surface area contributed by atoms with Crippen LogP contribution in [-0.2, 0) is 24.0 Å². The van der Waals surface area contributed by atoms with Crippen molar-refractivity contribution in [1.29, 1.82) is 0 Å². The van der Waals surface area contributed by atoms with E-state index in [1.54, 1.807) is 0 Å². The first-order valence-electron chi connectivity index (χ1n) is 9.52. The van der Waals surface area contributed by atoms with Crippen LogP contribution in [0.5, 0.6) is 0 Å². The van der Waals surface area contributed by atoms with Gasteiger partial charge in [0.25, 0.3) is 0 Å². The van der Waals surface area contributed by atoms with Crippen molar-refractivity contribution in [3.8, 4) is 0 Å². The van der Waals surface area contributed by atoms with E-state index >= 15 is 0 Å². The number of ether oxygens (including phenoxy) is 1. The fraction of sp³-hybridized carbons (Fsp3) is 0.429. The van der Waals surface area contributed by atoms with E-state index in [0.717, 1.165) is 55.5 Å². The lowest BCUT2D eigenvalue weighted by molar-refractivity contribution is 0.147. The summed E-state index contributed by atoms with van der Waals surface area (Å²) in [6.07, 6.45) is 5.36. The van der Waals surface area contributed by atoms with Crippen LogP contribution in [0.25, 0.3) is 10.2 Å². The van der Waals surface area contributed by atoms with Crippen molar-refractivity contribution in [1.82, 2.24) is 9.97 Å². The lowest BCUT2D eigenvalue weighted by Gasteiger charge is -2.10. The Hall–Kier alpha value is -1.98. The van der Waals surface area contributed by atoms with Gasteiger partial charge >= 0.3 is 0 Å². The van der Waals surface area contributed by atoms with Gasteiger partial charge in [0.05, 0.1) is 5.39 Å². The summed E-state index contributed by atoms with van der Waals surface area (Å²) in [6.45, 7) is 4.47. The molecule has 1 N–H and O–H groups in total. The minimum Gasteiger partial charge on any atom is -0.382 e. The lowest BCUT2D eigenvalue weighted by atomic mass is 10.1. The maximum absolute atomic E-state index is 5.45. The van der Waals surface area contributed by atoms with Crippen LogP contribution in [0.2, 0.25) is 0 Å². The fourth-order valence-electron chi connectivity index (χ4n) is 3.55. The lowest BCUT2D eigenvalue weighted by Crippen LogP contribution is -2.09. The minimum absolute atomic E-state index is 0.771. The Morgan fingerprint density at radius 3 is 2.88 bits per heavy atom. The summed E-state index contributed by atoms with van der Waals surface area (Å²) in [5.74, 6) is 1.91. The van der Waals surface area contributed by atoms with Gasteiger partial charge in [0.1, 0.15) is 16.5 Å². The third-order valence-electron chi connectivity index (χ3n) is 4.78. The molecule has 0 fully saturated rings. The van der Waals surface area contributed by atoms with Gasteiger partial charge in [0.15, 0.2) is 0 Å². The van der Waals surface area contributed by atoms with E-state index in [1.807, 2.05) is 24.3 Å². The molecule has 0 saturated heterocycles. The summed E-state index contributed by atoms with van der Waals surface area (Å²) < 4.78 is 5.45. The predicted molar refractivity (Wildman–Crippen MR) is 108 cm³/mol. The molecule has 136 valence electrons. The van der Waals surface area contributed by atoms with Crippen molar-refractivity contribution in [3.05, 3.63) is 52.2 Å². The smallest absolute Gasteiger partial charge is 0.138 e. The average molecular weight is 368 g/mol. The number of aryl methyl sites for hydroxylation is 2. The van der Waals surface area contributed by atoms with E-state index in [0.29, 0.717) is 0 Å². The number of thiophene rings is 1. The molecule has 0 spiro atoms. The maximum Gasteiger partial charge on any atom is 0.138 e. The summed E-state index contributed by atoms with van der Waals surface area (Å²) in [7, 11) is 0. The molecule has 1 aliphatic rings. The van der Waals surface area contributed by atoms with Crippen molar-refractivity contribution < 1.29 is 4.74 Å². The van der Waals surface area contributed by atoms with Crippen LogP contribution in [0, 0.1) is 0 Å². The van der Waals surface area contributed by atoms with E-state index in [2.05, 4.69) is 29.6 Å². The number of hydrogen-bond acceptors (Lipinski definition) is 5. The molecule has 1 aromatic carbocycles. The molecule has 0 bridgehead atoms. The quantitative estimate of drug-likeness (QED) is 0.591. The van der Waals surface area contributed by atoms with E-state index in [-0.39, 0.29) is 0 Å². The highest BCUT2D eigenvalue weighted by Crippen LogP contribution is 2.39. The van der Waals surface area contributed by atoms with Crippen molar-refractivity contribution in [2.75, 3.05) is 25.1 Å². The van der Waals surface area contributed by atoms with Gasteiger partial charge in [0.2, 0.25) is 0 Å². The monoisotopic (exact) mass is 367 g/mol. The number of fused-ring (bicyclic) bond motifs is 3. The fourth-order valence-corrected chi connectivity index (χ4v) is 4.83. The number of nitrogens with one attached hydrogen (secondary N) is 1. The van der Waals surface area contributed by atoms with Crippen molar-refractivity contribution >= 4 is 27.4 Å². The van der Waals surface area contributed by atoms with Gasteiger partial charge in [-0.25, -0.2) is 9.97 Å². The van der Waals surface area contributed by atoms with Gasteiger partial charge < -0.3 is 10.1 Å². The molecule has 2 heterocycles. The first-order valence-corrected chi connectivity index (χ1v) is 10.3. The molecule has 3 aromatic rings. The van der Waals surface area contributed by atoms with E-state index in [1.165, 1.54) is 34.2 Å². The zero-order chi connectivity index (χ0) is 17.8. The SMILES string of the molecule is CCOCCCNc1nc(Cc2ccccc2)nc2sc3c(c12)CCC3. The number of nitrogens with zero attached hydrogens (tertiary/aromatic N) is 2. The summed E-state index contributed by atoms with van der Waals surface area (Å²) in [5.41, 5.74) is 2.72. The maximum atomic E-state index is 5.45. The zero-order valence-electron chi connectivity index (χ0n) is 15.3. The molecule has 5 heteroatoms. The second-order valence-electron chi connectivity index (χ2n) is 6.67. The third-order valence-corrected chi connectivity index (χ3v) is 5.96. The van der Waals surface area contributed by atoms with Crippen molar-refractivity contribution in [3.63, 3.8) is 0 Å². The van der Waals surface area contributed by atoms with Crippen LogP contribution in [0.3, 0.4) is 0 Å². The first kappa shape index (κ1) is 17.4. The standard InChI is InChI=1S/C21H25N3OS/c1-2-25-13-7-12-22-20-19-16-10-6-11-17(16)26-21(19)24-18(23-20)14-15-8-4-3-5-9-15/h3-5,8-9H,2,6-7,10-14H2,1H3,(H,22,23,24). The molecule has 0 atom stereocenters. The first-order chi connectivity index (χ1) is 12.8. The average Bonchev–Trinajstić information content (AvgIpc) is 3.23. The molecule has 4 rings (SSSR count). The highest BCUT2D eigenvalue weighted by Gasteiger charge is 2.22. The Labute approximate surface area is 158 Å². The number of hydrogen-bond donors (Lipinski definition) is 1. The topological polar surface area (TPSA) is 47.0 Å². The van der Waals surface area contributed by atoms with E-state index < -0.39 is 0 Å². The zero-order valence-corrected chi connectivity index (χ0v) is 16.1. The van der Waals surface area contributed by atoms with Crippen LogP contribution in [0.1, 0.15) is 41.6 Å². The molecule has 0 saturated carbocycles. The molecular weight excluding hydrogens is 342 g/mol. The number of rotatable bonds is 8. The predicted octanol–water partition coefficient (Wildman–Crippen LogP) is 4.61. The number of aromatic nitrogens is 2. The molecule has 26 heavy (non-hydrogen) atoms. The second kappa shape index (κ2) is 8.14. The van der Waals surface area contributed by atoms with Gasteiger partial charge in [-0.05, 0) is 43.7 Å². The second-order valence-corrected chi connectivity index (χ2v) is 7.75. The number of anilines is 1. The molecule has 1 aliphatic carbocycles. The van der Waals surface area contributed by atoms with Gasteiger partial charge in [-0.1, -0.05) is 30.3 Å². The molecule has 0 aliphatic heterocycles.